The highest BCUT2D eigenvalue weighted by molar-refractivity contribution is 6.05. The number of carbonyl (C=O) groups is 1. The maximum Gasteiger partial charge on any atom is 0.416 e. The molecule has 0 aliphatic carbocycles. The van der Waals surface area contributed by atoms with E-state index in [4.69, 9.17) is 5.73 Å². The topological polar surface area (TPSA) is 101 Å². The Morgan fingerprint density at radius 3 is 2.38 bits per heavy atom. The molecule has 174 valence electrons. The molecule has 1 heterocycles. The SMILES string of the molecule is CCCCn1c(N)c(N(CC(C)C)C(=O)/C=C/c2ccc(C(F)(F)F)cc2)c(=O)[nH]c1=O. The van der Waals surface area contributed by atoms with Gasteiger partial charge in [-0.15, -0.1) is 0 Å². The van der Waals surface area contributed by atoms with Crippen LogP contribution < -0.4 is 21.9 Å². The second kappa shape index (κ2) is 10.3. The molecule has 3 N–H and O–H groups in total. The monoisotopic (exact) mass is 452 g/mol. The Kier molecular flexibility index (Phi) is 8.07. The molecular formula is C22H27F3N4O3. The first-order valence-corrected chi connectivity index (χ1v) is 10.2. The summed E-state index contributed by atoms with van der Waals surface area (Å²) in [5, 5.41) is 0. The fourth-order valence-corrected chi connectivity index (χ4v) is 3.07. The molecule has 0 bridgehead atoms. The van der Waals surface area contributed by atoms with Crippen molar-refractivity contribution in [2.24, 2.45) is 5.92 Å². The zero-order valence-corrected chi connectivity index (χ0v) is 18.2. The Labute approximate surface area is 183 Å². The molecular weight excluding hydrogens is 425 g/mol. The number of nitrogens with two attached hydrogens (primary N) is 1. The molecule has 2 rings (SSSR count). The Morgan fingerprint density at radius 1 is 1.22 bits per heavy atom. The van der Waals surface area contributed by atoms with Gasteiger partial charge in [0.2, 0.25) is 0 Å². The van der Waals surface area contributed by atoms with Crippen LogP contribution in [0.4, 0.5) is 24.7 Å². The number of carbonyl (C=O) groups excluding carboxylic acids is 1. The second-order valence-electron chi connectivity index (χ2n) is 7.79. The molecule has 0 atom stereocenters. The first kappa shape index (κ1) is 25.0. The standard InChI is InChI=1S/C22H27F3N4O3/c1-4-5-12-28-19(26)18(20(31)27-21(28)32)29(13-14(2)3)17(30)11-8-15-6-9-16(10-7-15)22(23,24)25/h6-11,14H,4-5,12-13,26H2,1-3H3,(H,27,31,32)/b11-8+. The van der Waals surface area contributed by atoms with E-state index in [1.807, 2.05) is 20.8 Å². The molecule has 0 fully saturated rings. The maximum atomic E-state index is 13.0. The van der Waals surface area contributed by atoms with Crippen LogP contribution in [0.15, 0.2) is 39.9 Å². The predicted octanol–water partition coefficient (Wildman–Crippen LogP) is 3.64. The van der Waals surface area contributed by atoms with E-state index in [1.54, 1.807) is 0 Å². The van der Waals surface area contributed by atoms with Gasteiger partial charge in [0, 0.05) is 19.2 Å². The number of nitrogens with zero attached hydrogens (tertiary/aromatic N) is 2. The highest BCUT2D eigenvalue weighted by Gasteiger charge is 2.30. The van der Waals surface area contributed by atoms with E-state index in [1.165, 1.54) is 27.7 Å². The molecule has 0 aliphatic heterocycles. The molecule has 32 heavy (non-hydrogen) atoms. The lowest BCUT2D eigenvalue weighted by Crippen LogP contribution is -2.42. The minimum atomic E-state index is -4.45. The summed E-state index contributed by atoms with van der Waals surface area (Å²) in [4.78, 5) is 41.1. The summed E-state index contributed by atoms with van der Waals surface area (Å²) in [6.07, 6.45) is -0.489. The van der Waals surface area contributed by atoms with Crippen molar-refractivity contribution >= 4 is 23.5 Å². The summed E-state index contributed by atoms with van der Waals surface area (Å²) in [6, 6.07) is 4.32. The number of unbranched alkanes of at least 4 members (excludes halogenated alkanes) is 1. The third-order valence-electron chi connectivity index (χ3n) is 4.69. The summed E-state index contributed by atoms with van der Waals surface area (Å²) in [6.45, 7) is 6.06. The van der Waals surface area contributed by atoms with Crippen LogP contribution in [0.1, 0.15) is 44.7 Å². The lowest BCUT2D eigenvalue weighted by Gasteiger charge is -2.25. The van der Waals surface area contributed by atoms with E-state index in [0.717, 1.165) is 24.6 Å². The third-order valence-corrected chi connectivity index (χ3v) is 4.69. The smallest absolute Gasteiger partial charge is 0.383 e. The van der Waals surface area contributed by atoms with Gasteiger partial charge in [-0.3, -0.25) is 19.1 Å². The number of nitrogens with one attached hydrogen (secondary N) is 1. The number of alkyl halides is 3. The van der Waals surface area contributed by atoms with Gasteiger partial charge in [0.05, 0.1) is 5.56 Å². The molecule has 7 nitrogen and oxygen atoms in total. The number of halogens is 3. The number of hydrogen-bond acceptors (Lipinski definition) is 4. The molecule has 1 aromatic heterocycles. The molecule has 10 heteroatoms. The van der Waals surface area contributed by atoms with Gasteiger partial charge >= 0.3 is 11.9 Å². The first-order chi connectivity index (χ1) is 15.0. The maximum absolute atomic E-state index is 13.0. The van der Waals surface area contributed by atoms with Crippen molar-refractivity contribution < 1.29 is 18.0 Å². The van der Waals surface area contributed by atoms with E-state index in [0.29, 0.717) is 12.0 Å². The van der Waals surface area contributed by atoms with Crippen molar-refractivity contribution in [2.75, 3.05) is 17.2 Å². The summed E-state index contributed by atoms with van der Waals surface area (Å²) < 4.78 is 39.4. The molecule has 0 saturated heterocycles. The molecule has 0 aliphatic rings. The molecule has 0 saturated carbocycles. The van der Waals surface area contributed by atoms with Crippen LogP contribution in [-0.2, 0) is 17.5 Å². The van der Waals surface area contributed by atoms with E-state index >= 15 is 0 Å². The molecule has 0 radical (unpaired) electrons. The van der Waals surface area contributed by atoms with E-state index < -0.39 is 28.9 Å². The van der Waals surface area contributed by atoms with Gasteiger partial charge in [-0.25, -0.2) is 4.79 Å². The minimum absolute atomic E-state index is 0.0340. The summed E-state index contributed by atoms with van der Waals surface area (Å²) >= 11 is 0. The Balaban J connectivity index is 2.42. The average molecular weight is 452 g/mol. The van der Waals surface area contributed by atoms with Crippen LogP contribution in [0.5, 0.6) is 0 Å². The van der Waals surface area contributed by atoms with Gasteiger partial charge in [-0.1, -0.05) is 39.3 Å². The fourth-order valence-electron chi connectivity index (χ4n) is 3.07. The van der Waals surface area contributed by atoms with E-state index in [9.17, 15) is 27.6 Å². The van der Waals surface area contributed by atoms with Crippen molar-refractivity contribution in [3.05, 3.63) is 62.3 Å². The molecule has 0 spiro atoms. The number of aromatic nitrogens is 2. The molecule has 2 aromatic rings. The van der Waals surface area contributed by atoms with Crippen LogP contribution in [-0.4, -0.2) is 22.0 Å². The molecule has 0 unspecified atom stereocenters. The van der Waals surface area contributed by atoms with Gasteiger partial charge < -0.3 is 10.6 Å². The molecule has 1 aromatic carbocycles. The highest BCUT2D eigenvalue weighted by Crippen LogP contribution is 2.29. The van der Waals surface area contributed by atoms with Gasteiger partial charge in [-0.2, -0.15) is 13.2 Å². The van der Waals surface area contributed by atoms with Crippen LogP contribution >= 0.6 is 0 Å². The third kappa shape index (κ3) is 6.12. The van der Waals surface area contributed by atoms with Crippen molar-refractivity contribution in [1.82, 2.24) is 9.55 Å². The quantitative estimate of drug-likeness (QED) is 0.597. The van der Waals surface area contributed by atoms with E-state index in [2.05, 4.69) is 4.98 Å². The lowest BCUT2D eigenvalue weighted by molar-refractivity contribution is -0.137. The van der Waals surface area contributed by atoms with Crippen molar-refractivity contribution in [3.63, 3.8) is 0 Å². The number of nitrogen functional groups attached to an aromatic ring is 1. The van der Waals surface area contributed by atoms with Gasteiger partial charge in [0.25, 0.3) is 11.5 Å². The average Bonchev–Trinajstić information content (AvgIpc) is 2.70. The number of hydrogen-bond donors (Lipinski definition) is 2. The zero-order chi connectivity index (χ0) is 24.1. The Bertz CT molecular complexity index is 1080. The summed E-state index contributed by atoms with van der Waals surface area (Å²) in [7, 11) is 0. The number of anilines is 2. The number of aromatic amines is 1. The van der Waals surface area contributed by atoms with E-state index in [-0.39, 0.29) is 30.5 Å². The summed E-state index contributed by atoms with van der Waals surface area (Å²) in [5.74, 6) is -0.728. The van der Waals surface area contributed by atoms with Crippen molar-refractivity contribution in [2.45, 2.75) is 46.3 Å². The number of benzene rings is 1. The van der Waals surface area contributed by atoms with Crippen LogP contribution in [0, 0.1) is 5.92 Å². The number of H-pyrrole nitrogens is 1. The zero-order valence-electron chi connectivity index (χ0n) is 18.2. The fraction of sp³-hybridized carbons (Fsp3) is 0.409. The number of amides is 1. The Hall–Kier alpha value is -3.30. The predicted molar refractivity (Wildman–Crippen MR) is 118 cm³/mol. The van der Waals surface area contributed by atoms with Crippen molar-refractivity contribution in [1.29, 1.82) is 0 Å². The minimum Gasteiger partial charge on any atom is -0.383 e. The normalized spacial score (nSPS) is 12.0. The van der Waals surface area contributed by atoms with Gasteiger partial charge in [0.1, 0.15) is 5.82 Å². The summed E-state index contributed by atoms with van der Waals surface area (Å²) in [5.41, 5.74) is 4.15. The Morgan fingerprint density at radius 2 is 1.84 bits per heavy atom. The first-order valence-electron chi connectivity index (χ1n) is 10.2. The van der Waals surface area contributed by atoms with Crippen molar-refractivity contribution in [3.8, 4) is 0 Å². The van der Waals surface area contributed by atoms with Gasteiger partial charge in [-0.05, 0) is 36.1 Å². The van der Waals surface area contributed by atoms with Gasteiger partial charge in [0.15, 0.2) is 5.69 Å². The lowest BCUT2D eigenvalue weighted by atomic mass is 10.1. The highest BCUT2D eigenvalue weighted by atomic mass is 19.4. The molecule has 1 amide bonds. The van der Waals surface area contributed by atoms with Crippen LogP contribution in [0.2, 0.25) is 0 Å². The van der Waals surface area contributed by atoms with Crippen LogP contribution in [0.3, 0.4) is 0 Å². The number of rotatable bonds is 8. The second-order valence-corrected chi connectivity index (χ2v) is 7.79. The van der Waals surface area contributed by atoms with Crippen LogP contribution in [0.25, 0.3) is 6.08 Å². The largest absolute Gasteiger partial charge is 0.416 e.